The second-order valence-electron chi connectivity index (χ2n) is 5.55. The summed E-state index contributed by atoms with van der Waals surface area (Å²) < 4.78 is 11.2. The summed E-state index contributed by atoms with van der Waals surface area (Å²) in [5.41, 5.74) is 1.07. The van der Waals surface area contributed by atoms with Gasteiger partial charge in [0.25, 0.3) is 0 Å². The minimum Gasteiger partial charge on any atom is -0.474 e. The van der Waals surface area contributed by atoms with Gasteiger partial charge in [0.05, 0.1) is 0 Å². The smallest absolute Gasteiger partial charge is 0.374 e. The van der Waals surface area contributed by atoms with Crippen LogP contribution in [0.25, 0.3) is 11.3 Å². The lowest BCUT2D eigenvalue weighted by atomic mass is 9.98. The predicted octanol–water partition coefficient (Wildman–Crippen LogP) is 0.575. The van der Waals surface area contributed by atoms with Gasteiger partial charge in [0.2, 0.25) is 5.76 Å². The van der Waals surface area contributed by atoms with E-state index in [1.807, 2.05) is 67.6 Å². The first-order valence-corrected chi connectivity index (χ1v) is 7.34. The molecule has 1 heterocycles. The van der Waals surface area contributed by atoms with Gasteiger partial charge in [-0.3, -0.25) is 0 Å². The Morgan fingerprint density at radius 2 is 2.00 bits per heavy atom. The number of carbonyl (C=O) groups excluding carboxylic acids is 1. The molecule has 114 valence electrons. The van der Waals surface area contributed by atoms with Gasteiger partial charge >= 0.3 is 5.97 Å². The lowest BCUT2D eigenvalue weighted by Crippen LogP contribution is -2.40. The van der Waals surface area contributed by atoms with Crippen molar-refractivity contribution in [2.75, 3.05) is 27.2 Å². The van der Waals surface area contributed by atoms with Crippen LogP contribution in [0.3, 0.4) is 0 Å². The molecule has 0 aromatic heterocycles. The molecule has 0 spiro atoms. The second kappa shape index (κ2) is 6.20. The number of fused-ring (bicyclic) bond motifs is 2. The van der Waals surface area contributed by atoms with E-state index in [0.717, 1.165) is 16.0 Å². The molecular formula is C18H19NO3. The van der Waals surface area contributed by atoms with Crippen LogP contribution in [-0.4, -0.2) is 44.2 Å². The van der Waals surface area contributed by atoms with Gasteiger partial charge in [0.1, 0.15) is 12.7 Å². The van der Waals surface area contributed by atoms with Gasteiger partial charge in [-0.2, -0.15) is 0 Å². The molecule has 0 fully saturated rings. The normalized spacial score (nSPS) is 18.8. The molecule has 0 saturated carbocycles. The summed E-state index contributed by atoms with van der Waals surface area (Å²) >= 11 is 0. The highest BCUT2D eigenvalue weighted by Gasteiger charge is 2.25. The quantitative estimate of drug-likeness (QED) is 0.762. The fraction of sp³-hybridized carbons (Fsp3) is 0.278. The minimum absolute atomic E-state index is 0.226. The van der Waals surface area contributed by atoms with Crippen molar-refractivity contribution in [3.05, 3.63) is 59.0 Å². The van der Waals surface area contributed by atoms with Crippen LogP contribution < -0.4 is 10.4 Å². The largest absolute Gasteiger partial charge is 0.474 e. The summed E-state index contributed by atoms with van der Waals surface area (Å²) in [4.78, 5) is 14.3. The third-order valence-electron chi connectivity index (χ3n) is 3.66. The molecule has 3 rings (SSSR count). The number of rotatable bonds is 4. The Balaban J connectivity index is 1.99. The number of ether oxygens (including phenoxy) is 2. The number of hydrogen-bond donors (Lipinski definition) is 0. The van der Waals surface area contributed by atoms with Crippen LogP contribution in [0, 0.1) is 0 Å². The molecule has 1 aromatic rings. The average molecular weight is 297 g/mol. The molecule has 22 heavy (non-hydrogen) atoms. The summed E-state index contributed by atoms with van der Waals surface area (Å²) in [5.74, 6) is -0.112. The summed E-state index contributed by atoms with van der Waals surface area (Å²) in [6.07, 6.45) is 7.65. The van der Waals surface area contributed by atoms with Gasteiger partial charge in [0.15, 0.2) is 0 Å². The van der Waals surface area contributed by atoms with E-state index in [2.05, 4.69) is 0 Å². The van der Waals surface area contributed by atoms with Gasteiger partial charge in [-0.05, 0) is 25.4 Å². The summed E-state index contributed by atoms with van der Waals surface area (Å²) in [6.45, 7) is 1.03. The third-order valence-corrected chi connectivity index (χ3v) is 3.66. The molecular weight excluding hydrogens is 278 g/mol. The molecule has 1 aliphatic heterocycles. The number of benzene rings is 1. The molecule has 0 radical (unpaired) electrons. The van der Waals surface area contributed by atoms with Gasteiger partial charge in [-0.15, -0.1) is 0 Å². The van der Waals surface area contributed by atoms with Crippen LogP contribution in [0.5, 0.6) is 0 Å². The first-order valence-electron chi connectivity index (χ1n) is 7.34. The predicted molar refractivity (Wildman–Crippen MR) is 85.2 cm³/mol. The fourth-order valence-electron chi connectivity index (χ4n) is 2.54. The molecule has 0 N–H and O–H groups in total. The van der Waals surface area contributed by atoms with Crippen molar-refractivity contribution in [3.63, 3.8) is 0 Å². The molecule has 1 unspecified atom stereocenters. The molecule has 1 aliphatic carbocycles. The number of carbonyl (C=O) groups is 1. The number of hydrogen-bond acceptors (Lipinski definition) is 4. The van der Waals surface area contributed by atoms with Gasteiger partial charge in [-0.25, -0.2) is 4.79 Å². The third kappa shape index (κ3) is 2.83. The van der Waals surface area contributed by atoms with Crippen molar-refractivity contribution in [1.82, 2.24) is 4.90 Å². The zero-order valence-corrected chi connectivity index (χ0v) is 12.8. The molecule has 4 heteroatoms. The fourth-order valence-corrected chi connectivity index (χ4v) is 2.54. The highest BCUT2D eigenvalue weighted by molar-refractivity contribution is 6.07. The van der Waals surface area contributed by atoms with Crippen LogP contribution in [-0.2, 0) is 14.3 Å². The zero-order chi connectivity index (χ0) is 15.5. The highest BCUT2D eigenvalue weighted by Crippen LogP contribution is 2.20. The van der Waals surface area contributed by atoms with E-state index in [1.54, 1.807) is 0 Å². The van der Waals surface area contributed by atoms with E-state index in [-0.39, 0.29) is 6.10 Å². The first-order chi connectivity index (χ1) is 10.7. The van der Waals surface area contributed by atoms with Crippen molar-refractivity contribution < 1.29 is 14.3 Å². The summed E-state index contributed by atoms with van der Waals surface area (Å²) in [5, 5.41) is 1.82. The standard InChI is InChI=1S/C18H19NO3/c1-19(2)11-12-21-18(20)17-15-9-4-3-7-13(15)14-8-5-6-10-16(14)22-17/h3-10,16H,11-12H2,1-2H3. The van der Waals surface area contributed by atoms with Gasteiger partial charge in [-0.1, -0.05) is 42.5 Å². The summed E-state index contributed by atoms with van der Waals surface area (Å²) in [7, 11) is 3.88. The van der Waals surface area contributed by atoms with Crippen molar-refractivity contribution in [3.8, 4) is 0 Å². The highest BCUT2D eigenvalue weighted by atomic mass is 16.6. The number of allylic oxidation sites excluding steroid dienone is 2. The lowest BCUT2D eigenvalue weighted by Gasteiger charge is -2.24. The molecule has 2 aliphatic rings. The van der Waals surface area contributed by atoms with Crippen LogP contribution >= 0.6 is 0 Å². The summed E-state index contributed by atoms with van der Waals surface area (Å²) in [6, 6.07) is 7.78. The van der Waals surface area contributed by atoms with Crippen LogP contribution in [0.15, 0.2) is 48.6 Å². The topological polar surface area (TPSA) is 38.8 Å². The zero-order valence-electron chi connectivity index (χ0n) is 12.8. The maximum atomic E-state index is 12.4. The molecule has 1 aromatic carbocycles. The molecule has 0 amide bonds. The Bertz CT molecular complexity index is 759. The molecule has 4 nitrogen and oxygen atoms in total. The lowest BCUT2D eigenvalue weighted by molar-refractivity contribution is -0.139. The molecule has 1 atom stereocenters. The number of nitrogens with zero attached hydrogens (tertiary/aromatic N) is 1. The van der Waals surface area contributed by atoms with E-state index >= 15 is 0 Å². The van der Waals surface area contributed by atoms with Crippen molar-refractivity contribution >= 4 is 17.3 Å². The molecule has 0 bridgehead atoms. The van der Waals surface area contributed by atoms with E-state index in [1.165, 1.54) is 0 Å². The Morgan fingerprint density at radius 3 is 2.77 bits per heavy atom. The number of esters is 1. The Hall–Kier alpha value is -2.33. The Morgan fingerprint density at radius 1 is 1.23 bits per heavy atom. The maximum absolute atomic E-state index is 12.4. The van der Waals surface area contributed by atoms with Crippen molar-refractivity contribution in [1.29, 1.82) is 0 Å². The average Bonchev–Trinajstić information content (AvgIpc) is 2.53. The van der Waals surface area contributed by atoms with Gasteiger partial charge in [0, 0.05) is 17.3 Å². The van der Waals surface area contributed by atoms with Gasteiger partial charge < -0.3 is 14.4 Å². The van der Waals surface area contributed by atoms with E-state index in [9.17, 15) is 4.79 Å². The Labute approximate surface area is 129 Å². The van der Waals surface area contributed by atoms with Crippen molar-refractivity contribution in [2.45, 2.75) is 6.10 Å². The number of likely N-dealkylation sites (N-methyl/N-ethyl adjacent to an activating group) is 1. The Kier molecular flexibility index (Phi) is 4.11. The van der Waals surface area contributed by atoms with E-state index in [4.69, 9.17) is 9.47 Å². The first kappa shape index (κ1) is 14.6. The van der Waals surface area contributed by atoms with Crippen LogP contribution in [0.1, 0.15) is 0 Å². The van der Waals surface area contributed by atoms with Crippen molar-refractivity contribution in [2.24, 2.45) is 0 Å². The van der Waals surface area contributed by atoms with Crippen LogP contribution in [0.4, 0.5) is 0 Å². The van der Waals surface area contributed by atoms with E-state index in [0.29, 0.717) is 18.9 Å². The minimum atomic E-state index is -0.406. The van der Waals surface area contributed by atoms with Crippen LogP contribution in [0.2, 0.25) is 0 Å². The molecule has 0 saturated heterocycles. The SMILES string of the molecule is CN(C)CCOC(=O)C1=c2ccccc2=C2C=CC=CC2O1. The monoisotopic (exact) mass is 297 g/mol. The second-order valence-corrected chi connectivity index (χ2v) is 5.55. The van der Waals surface area contributed by atoms with E-state index < -0.39 is 5.97 Å². The maximum Gasteiger partial charge on any atom is 0.374 e.